The van der Waals surface area contributed by atoms with Crippen LogP contribution >= 0.6 is 0 Å². The van der Waals surface area contributed by atoms with Gasteiger partial charge in [-0.1, -0.05) is 18.8 Å². The molecule has 1 aliphatic heterocycles. The van der Waals surface area contributed by atoms with E-state index in [2.05, 4.69) is 37.0 Å². The van der Waals surface area contributed by atoms with Crippen LogP contribution in [-0.4, -0.2) is 20.7 Å². The van der Waals surface area contributed by atoms with Gasteiger partial charge in [-0.15, -0.1) is 0 Å². The monoisotopic (exact) mass is 336 g/mol. The van der Waals surface area contributed by atoms with Crippen molar-refractivity contribution in [3.05, 3.63) is 35.1 Å². The van der Waals surface area contributed by atoms with Gasteiger partial charge in [0, 0.05) is 14.0 Å². The van der Waals surface area contributed by atoms with Crippen molar-refractivity contribution in [2.75, 3.05) is 6.61 Å². The van der Waals surface area contributed by atoms with Crippen molar-refractivity contribution >= 4 is 14.1 Å². The summed E-state index contributed by atoms with van der Waals surface area (Å²) in [7, 11) is -0.269. The minimum atomic E-state index is -0.269. The van der Waals surface area contributed by atoms with E-state index in [1.54, 1.807) is 0 Å². The van der Waals surface area contributed by atoms with Crippen LogP contribution in [-0.2, 0) is 30.9 Å². The normalized spacial score (nSPS) is 15.2. The van der Waals surface area contributed by atoms with Crippen molar-refractivity contribution in [1.82, 2.24) is 0 Å². The van der Waals surface area contributed by atoms with Crippen molar-refractivity contribution in [2.45, 2.75) is 13.1 Å². The number of hydrogen-bond acceptors (Lipinski definition) is 1. The van der Waals surface area contributed by atoms with E-state index in [9.17, 15) is 0 Å². The molecule has 0 saturated heterocycles. The number of halogens is 2. The molecule has 2 rings (SSSR count). The number of hydrogen-bond donors (Lipinski definition) is 0. The van der Waals surface area contributed by atoms with Crippen molar-refractivity contribution in [3.8, 4) is 0 Å². The van der Waals surface area contributed by atoms with Crippen LogP contribution in [0.1, 0.15) is 0 Å². The molecule has 0 aromatic heterocycles. The van der Waals surface area contributed by atoms with Crippen LogP contribution in [0.2, 0.25) is 13.1 Å². The second kappa shape index (κ2) is 7.78. The molecule has 0 saturated carbocycles. The third-order valence-electron chi connectivity index (χ3n) is 1.90. The van der Waals surface area contributed by atoms with Gasteiger partial charge in [0.1, 0.15) is 12.4 Å². The average Bonchev–Trinajstić information content (AvgIpc) is 2.43. The Labute approximate surface area is 124 Å². The Morgan fingerprint density at radius 3 is 2.47 bits per heavy atom. The number of rotatable bonds is 1. The second-order valence-electron chi connectivity index (χ2n) is 3.35. The molecule has 0 N–H and O–H groups in total. The van der Waals surface area contributed by atoms with Crippen LogP contribution in [0.5, 0.6) is 0 Å². The second-order valence-corrected chi connectivity index (χ2v) is 5.79. The molecule has 0 spiro atoms. The number of ether oxygens (including phenoxy) is 1. The zero-order valence-corrected chi connectivity index (χ0v) is 13.7. The zero-order chi connectivity index (χ0) is 8.55. The quantitative estimate of drug-likeness (QED) is 0.442. The van der Waals surface area contributed by atoms with Gasteiger partial charge in [0.15, 0.2) is 0 Å². The molecule has 0 aromatic carbocycles. The molecule has 1 nitrogen and oxygen atoms in total. The van der Waals surface area contributed by atoms with Crippen LogP contribution in [0.15, 0.2) is 35.1 Å². The zero-order valence-electron chi connectivity index (χ0n) is 8.68. The van der Waals surface area contributed by atoms with Gasteiger partial charge in [0.25, 0.3) is 0 Å². The fourth-order valence-corrected chi connectivity index (χ4v) is 2.28. The maximum absolute atomic E-state index is 5.40. The molecule has 0 radical (unpaired) electrons. The Morgan fingerprint density at radius 2 is 1.93 bits per heavy atom. The molecule has 80 valence electrons. The summed E-state index contributed by atoms with van der Waals surface area (Å²) in [5.74, 6) is 1.06. The van der Waals surface area contributed by atoms with Crippen molar-refractivity contribution in [3.63, 3.8) is 0 Å². The van der Waals surface area contributed by atoms with Crippen LogP contribution in [0.4, 0.5) is 0 Å². The minimum Gasteiger partial charge on any atom is -1.00 e. The van der Waals surface area contributed by atoms with E-state index in [0.29, 0.717) is 0 Å². The smallest absolute Gasteiger partial charge is 1.00 e. The first-order valence-corrected chi connectivity index (χ1v) is 6.75. The average molecular weight is 338 g/mol. The molecule has 0 aromatic rings. The first kappa shape index (κ1) is 17.9. The van der Waals surface area contributed by atoms with Gasteiger partial charge in [-0.05, 0) is 23.8 Å². The van der Waals surface area contributed by atoms with Gasteiger partial charge < -0.3 is 29.6 Å². The predicted molar refractivity (Wildman–Crippen MR) is 53.7 cm³/mol. The summed E-state index contributed by atoms with van der Waals surface area (Å²) in [6.45, 7) is 5.32. The Balaban J connectivity index is 0. The number of allylic oxidation sites excluding steroid dienone is 3. The molecule has 0 unspecified atom stereocenters. The molecular weight excluding hydrogens is 326 g/mol. The fraction of sp³-hybridized carbons (Fsp3) is 0.300. The summed E-state index contributed by atoms with van der Waals surface area (Å²) < 4.78 is 5.40. The Hall–Kier alpha value is 0.570. The van der Waals surface area contributed by atoms with Crippen molar-refractivity contribution < 1.29 is 55.8 Å². The van der Waals surface area contributed by atoms with E-state index in [-0.39, 0.29) is 59.4 Å². The van der Waals surface area contributed by atoms with Gasteiger partial charge in [0.05, 0.1) is 0 Å². The Kier molecular flexibility index (Phi) is 9.31. The summed E-state index contributed by atoms with van der Waals surface area (Å²) in [4.78, 5) is 0. The van der Waals surface area contributed by atoms with Crippen molar-refractivity contribution in [1.29, 1.82) is 0 Å². The Morgan fingerprint density at radius 1 is 1.27 bits per heavy atom. The molecule has 1 heterocycles. The molecule has 0 bridgehead atoms. The molecule has 1 aliphatic carbocycles. The van der Waals surface area contributed by atoms with Gasteiger partial charge in [-0.2, -0.15) is 0 Å². The molecule has 2 aliphatic rings. The largest absolute Gasteiger partial charge is 2.00 e. The summed E-state index contributed by atoms with van der Waals surface area (Å²) >= 11 is 0. The van der Waals surface area contributed by atoms with Gasteiger partial charge in [0.2, 0.25) is 0 Å². The van der Waals surface area contributed by atoms with Gasteiger partial charge in [-0.3, -0.25) is 0 Å². The number of fused-ring (bicyclic) bond motifs is 1. The molecule has 5 heteroatoms. The third kappa shape index (κ3) is 4.52. The molecular formula is C10H12Cl2OSiZr. The van der Waals surface area contributed by atoms with E-state index in [1.165, 1.54) is 11.1 Å². The Bertz CT molecular complexity index is 341. The van der Waals surface area contributed by atoms with E-state index in [1.807, 2.05) is 0 Å². The van der Waals surface area contributed by atoms with Crippen LogP contribution in [0.3, 0.4) is 0 Å². The van der Waals surface area contributed by atoms with E-state index in [0.717, 1.165) is 12.4 Å². The molecule has 15 heavy (non-hydrogen) atoms. The van der Waals surface area contributed by atoms with Gasteiger partial charge in [-0.25, -0.2) is 0 Å². The van der Waals surface area contributed by atoms with Crippen molar-refractivity contribution in [2.24, 2.45) is 0 Å². The van der Waals surface area contributed by atoms with E-state index in [4.69, 9.17) is 4.74 Å². The van der Waals surface area contributed by atoms with E-state index < -0.39 is 0 Å². The summed E-state index contributed by atoms with van der Waals surface area (Å²) in [5, 5.41) is 0. The summed E-state index contributed by atoms with van der Waals surface area (Å²) in [5.41, 5.74) is 4.94. The van der Waals surface area contributed by atoms with Crippen LogP contribution in [0.25, 0.3) is 0 Å². The predicted octanol–water partition coefficient (Wildman–Crippen LogP) is -4.09. The minimum absolute atomic E-state index is 0. The van der Waals surface area contributed by atoms with Crippen LogP contribution in [0, 0.1) is 0 Å². The van der Waals surface area contributed by atoms with E-state index >= 15 is 0 Å². The molecule has 0 atom stereocenters. The van der Waals surface area contributed by atoms with Crippen LogP contribution < -0.4 is 24.8 Å². The third-order valence-corrected chi connectivity index (χ3v) is 2.81. The first-order valence-electron chi connectivity index (χ1n) is 4.17. The molecule has 0 fully saturated rings. The fourth-order valence-electron chi connectivity index (χ4n) is 1.45. The maximum atomic E-state index is 5.40. The topological polar surface area (TPSA) is 9.23 Å². The molecule has 0 amide bonds. The van der Waals surface area contributed by atoms with Gasteiger partial charge >= 0.3 is 26.2 Å². The SMILES string of the molecule is C[Si](C)=CC1=CC2=CCOC2=C1.[Cl-].[Cl-].[Zr+2]. The summed E-state index contributed by atoms with van der Waals surface area (Å²) in [6, 6.07) is 0. The first-order chi connectivity index (χ1) is 5.75. The maximum Gasteiger partial charge on any atom is 2.00 e. The standard InChI is InChI=1S/C10H12OSi.2ClH.Zr/c1-12(2)7-8-5-9-3-4-11-10(9)6-8;;;/h3,5-7H,4H2,1-2H3;2*1H;/q;;;+2/p-2. The summed E-state index contributed by atoms with van der Waals surface area (Å²) in [6.07, 6.45) is 6.47.